The predicted molar refractivity (Wildman–Crippen MR) is 124 cm³/mol. The van der Waals surface area contributed by atoms with Gasteiger partial charge in [-0.05, 0) is 48.7 Å². The molecule has 0 aliphatic rings. The number of nitrogens with one attached hydrogen (secondary N) is 1. The third-order valence-electron chi connectivity index (χ3n) is 4.99. The fourth-order valence-electron chi connectivity index (χ4n) is 3.09. The van der Waals surface area contributed by atoms with Crippen LogP contribution >= 0.6 is 11.6 Å². The first-order chi connectivity index (χ1) is 14.6. The fraction of sp³-hybridized carbons (Fsp3) is 0.364. The lowest BCUT2D eigenvalue weighted by Gasteiger charge is -2.31. The molecule has 0 aliphatic heterocycles. The Hall–Kier alpha value is -2.58. The van der Waals surface area contributed by atoms with Crippen molar-refractivity contribution in [1.82, 2.24) is 10.2 Å². The first-order valence-corrected chi connectivity index (χ1v) is 12.1. The van der Waals surface area contributed by atoms with Gasteiger partial charge in [0.2, 0.25) is 21.8 Å². The molecule has 0 aliphatic carbocycles. The van der Waals surface area contributed by atoms with Crippen LogP contribution < -0.4 is 9.62 Å². The van der Waals surface area contributed by atoms with E-state index in [0.717, 1.165) is 28.1 Å². The normalized spacial score (nSPS) is 12.2. The van der Waals surface area contributed by atoms with E-state index in [1.165, 1.54) is 11.9 Å². The van der Waals surface area contributed by atoms with Gasteiger partial charge >= 0.3 is 0 Å². The van der Waals surface area contributed by atoms with Crippen molar-refractivity contribution in [2.75, 3.05) is 24.2 Å². The number of amides is 2. The average molecular weight is 466 g/mol. The summed E-state index contributed by atoms with van der Waals surface area (Å²) in [6.45, 7) is 3.32. The molecule has 1 atom stereocenters. The Bertz CT molecular complexity index is 1010. The second-order valence-corrected chi connectivity index (χ2v) is 9.57. The average Bonchev–Trinajstić information content (AvgIpc) is 2.75. The highest BCUT2D eigenvalue weighted by Crippen LogP contribution is 2.20. The molecule has 168 valence electrons. The molecule has 0 radical (unpaired) electrons. The molecular formula is C22H28ClN3O4S. The third-order valence-corrected chi connectivity index (χ3v) is 6.38. The zero-order valence-electron chi connectivity index (χ0n) is 18.1. The molecule has 2 rings (SSSR count). The van der Waals surface area contributed by atoms with Crippen LogP contribution in [0.1, 0.15) is 25.0 Å². The molecule has 0 bridgehead atoms. The fourth-order valence-corrected chi connectivity index (χ4v) is 4.07. The van der Waals surface area contributed by atoms with E-state index in [9.17, 15) is 18.0 Å². The van der Waals surface area contributed by atoms with Crippen LogP contribution in [0.15, 0.2) is 48.5 Å². The van der Waals surface area contributed by atoms with E-state index in [-0.39, 0.29) is 12.5 Å². The van der Waals surface area contributed by atoms with E-state index >= 15 is 0 Å². The number of hydrogen-bond donors (Lipinski definition) is 1. The molecule has 0 saturated heterocycles. The van der Waals surface area contributed by atoms with Gasteiger partial charge in [-0.25, -0.2) is 8.42 Å². The van der Waals surface area contributed by atoms with E-state index in [2.05, 4.69) is 5.32 Å². The molecule has 0 aromatic heterocycles. The van der Waals surface area contributed by atoms with Crippen LogP contribution in [0.25, 0.3) is 0 Å². The SMILES string of the molecule is CCc1ccc(N(CC(=O)N(Cc2ccc(Cl)cc2)[C@@H](C)C(=O)NC)S(C)(=O)=O)cc1. The second kappa shape index (κ2) is 10.6. The van der Waals surface area contributed by atoms with Crippen molar-refractivity contribution in [3.8, 4) is 0 Å². The number of nitrogens with zero attached hydrogens (tertiary/aromatic N) is 2. The van der Waals surface area contributed by atoms with Gasteiger partial charge in [-0.2, -0.15) is 0 Å². The van der Waals surface area contributed by atoms with Crippen molar-refractivity contribution in [2.24, 2.45) is 0 Å². The molecule has 0 fully saturated rings. The molecule has 9 heteroatoms. The van der Waals surface area contributed by atoms with Crippen molar-refractivity contribution < 1.29 is 18.0 Å². The van der Waals surface area contributed by atoms with Gasteiger partial charge in [0.1, 0.15) is 12.6 Å². The van der Waals surface area contributed by atoms with Crippen LogP contribution in [-0.2, 0) is 32.6 Å². The first kappa shape index (κ1) is 24.7. The summed E-state index contributed by atoms with van der Waals surface area (Å²) in [5.41, 5.74) is 2.22. The van der Waals surface area contributed by atoms with Gasteiger partial charge in [0.15, 0.2) is 0 Å². The van der Waals surface area contributed by atoms with Crippen LogP contribution in [0.3, 0.4) is 0 Å². The van der Waals surface area contributed by atoms with E-state index in [0.29, 0.717) is 10.7 Å². The summed E-state index contributed by atoms with van der Waals surface area (Å²) in [4.78, 5) is 26.9. The van der Waals surface area contributed by atoms with Crippen LogP contribution in [-0.4, -0.2) is 51.0 Å². The van der Waals surface area contributed by atoms with Gasteiger partial charge in [0.25, 0.3) is 0 Å². The quantitative estimate of drug-likeness (QED) is 0.617. The Morgan fingerprint density at radius 1 is 1.03 bits per heavy atom. The Morgan fingerprint density at radius 2 is 1.58 bits per heavy atom. The van der Waals surface area contributed by atoms with E-state index in [4.69, 9.17) is 11.6 Å². The topological polar surface area (TPSA) is 86.8 Å². The summed E-state index contributed by atoms with van der Waals surface area (Å²) < 4.78 is 26.0. The lowest BCUT2D eigenvalue weighted by molar-refractivity contribution is -0.139. The summed E-state index contributed by atoms with van der Waals surface area (Å²) in [7, 11) is -2.24. The number of aryl methyl sites for hydroxylation is 1. The smallest absolute Gasteiger partial charge is 0.244 e. The highest BCUT2D eigenvalue weighted by Gasteiger charge is 2.29. The van der Waals surface area contributed by atoms with Gasteiger partial charge in [-0.3, -0.25) is 13.9 Å². The monoisotopic (exact) mass is 465 g/mol. The van der Waals surface area contributed by atoms with E-state index in [1.807, 2.05) is 19.1 Å². The Morgan fingerprint density at radius 3 is 2.06 bits per heavy atom. The molecule has 0 heterocycles. The minimum atomic E-state index is -3.73. The van der Waals surface area contributed by atoms with E-state index < -0.39 is 28.5 Å². The number of carbonyl (C=O) groups is 2. The summed E-state index contributed by atoms with van der Waals surface area (Å²) in [5.74, 6) is -0.837. The zero-order chi connectivity index (χ0) is 23.2. The summed E-state index contributed by atoms with van der Waals surface area (Å²) in [6, 6.07) is 13.1. The molecule has 2 aromatic rings. The minimum Gasteiger partial charge on any atom is -0.357 e. The van der Waals surface area contributed by atoms with Crippen molar-refractivity contribution >= 4 is 39.1 Å². The van der Waals surface area contributed by atoms with Gasteiger partial charge in [-0.1, -0.05) is 42.8 Å². The zero-order valence-corrected chi connectivity index (χ0v) is 19.7. The van der Waals surface area contributed by atoms with Crippen molar-refractivity contribution in [3.05, 3.63) is 64.7 Å². The Balaban J connectivity index is 2.35. The molecule has 2 amide bonds. The van der Waals surface area contributed by atoms with E-state index in [1.54, 1.807) is 43.3 Å². The van der Waals surface area contributed by atoms with Crippen LogP contribution in [0.5, 0.6) is 0 Å². The van der Waals surface area contributed by atoms with Crippen molar-refractivity contribution in [3.63, 3.8) is 0 Å². The van der Waals surface area contributed by atoms with Crippen LogP contribution in [0.2, 0.25) is 5.02 Å². The number of halogens is 1. The third kappa shape index (κ3) is 6.70. The van der Waals surface area contributed by atoms with Crippen LogP contribution in [0, 0.1) is 0 Å². The second-order valence-electron chi connectivity index (χ2n) is 7.23. The van der Waals surface area contributed by atoms with Gasteiger partial charge in [0.05, 0.1) is 11.9 Å². The molecule has 7 nitrogen and oxygen atoms in total. The number of sulfonamides is 1. The molecule has 0 spiro atoms. The molecule has 0 saturated carbocycles. The molecule has 31 heavy (non-hydrogen) atoms. The highest BCUT2D eigenvalue weighted by atomic mass is 35.5. The summed E-state index contributed by atoms with van der Waals surface area (Å²) in [5, 5.41) is 3.09. The lowest BCUT2D eigenvalue weighted by atomic mass is 10.1. The summed E-state index contributed by atoms with van der Waals surface area (Å²) in [6.07, 6.45) is 1.87. The number of anilines is 1. The van der Waals surface area contributed by atoms with Crippen LogP contribution in [0.4, 0.5) is 5.69 Å². The maximum Gasteiger partial charge on any atom is 0.244 e. The minimum absolute atomic E-state index is 0.136. The summed E-state index contributed by atoms with van der Waals surface area (Å²) >= 11 is 5.94. The molecule has 0 unspecified atom stereocenters. The number of rotatable bonds is 9. The maximum atomic E-state index is 13.2. The van der Waals surface area contributed by atoms with Crippen molar-refractivity contribution in [2.45, 2.75) is 32.9 Å². The number of benzene rings is 2. The predicted octanol–water partition coefficient (Wildman–Crippen LogP) is 2.83. The maximum absolute atomic E-state index is 13.2. The highest BCUT2D eigenvalue weighted by molar-refractivity contribution is 7.92. The van der Waals surface area contributed by atoms with Crippen molar-refractivity contribution in [1.29, 1.82) is 0 Å². The standard InChI is InChI=1S/C22H28ClN3O4S/c1-5-17-8-12-20(13-9-17)26(31(4,29)30)15-21(27)25(16(2)22(28)24-3)14-18-6-10-19(23)11-7-18/h6-13,16H,5,14-15H2,1-4H3,(H,24,28)/t16-/m0/s1. The number of carbonyl (C=O) groups excluding carboxylic acids is 2. The molecular weight excluding hydrogens is 438 g/mol. The number of hydrogen-bond acceptors (Lipinski definition) is 4. The molecule has 1 N–H and O–H groups in total. The number of likely N-dealkylation sites (N-methyl/N-ethyl adjacent to an activating group) is 1. The Labute approximate surface area is 189 Å². The lowest BCUT2D eigenvalue weighted by Crippen LogP contribution is -2.50. The first-order valence-electron chi connectivity index (χ1n) is 9.89. The van der Waals surface area contributed by atoms with Gasteiger partial charge < -0.3 is 10.2 Å². The molecule has 2 aromatic carbocycles. The Kier molecular flexibility index (Phi) is 8.47. The largest absolute Gasteiger partial charge is 0.357 e. The van der Waals surface area contributed by atoms with Gasteiger partial charge in [0, 0.05) is 18.6 Å². The van der Waals surface area contributed by atoms with Gasteiger partial charge in [-0.15, -0.1) is 0 Å².